The molecule has 10 heavy (non-hydrogen) atoms. The van der Waals surface area contributed by atoms with Gasteiger partial charge in [-0.2, -0.15) is 0 Å². The second-order valence-corrected chi connectivity index (χ2v) is 3.71. The molecule has 0 aromatic heterocycles. The molecule has 0 spiro atoms. The van der Waals surface area contributed by atoms with E-state index in [4.69, 9.17) is 0 Å². The van der Waals surface area contributed by atoms with Crippen LogP contribution in [0, 0.1) is 5.92 Å². The molecule has 1 aliphatic rings. The van der Waals surface area contributed by atoms with E-state index in [-0.39, 0.29) is 0 Å². The molecule has 0 aliphatic heterocycles. The van der Waals surface area contributed by atoms with E-state index >= 15 is 0 Å². The molecule has 0 heterocycles. The maximum Gasteiger partial charge on any atom is 0.111 e. The van der Waals surface area contributed by atoms with Crippen LogP contribution >= 0.6 is 0 Å². The summed E-state index contributed by atoms with van der Waals surface area (Å²) in [5, 5.41) is 0. The van der Waals surface area contributed by atoms with Gasteiger partial charge in [0.05, 0.1) is 0 Å². The summed E-state index contributed by atoms with van der Waals surface area (Å²) < 4.78 is 13.6. The van der Waals surface area contributed by atoms with Crippen molar-refractivity contribution in [3.63, 3.8) is 0 Å². The summed E-state index contributed by atoms with van der Waals surface area (Å²) in [5.74, 6) is 0.610. The third kappa shape index (κ3) is 1.71. The van der Waals surface area contributed by atoms with E-state index in [1.165, 1.54) is 6.42 Å². The van der Waals surface area contributed by atoms with Crippen molar-refractivity contribution in [1.82, 2.24) is 0 Å². The zero-order valence-corrected chi connectivity index (χ0v) is 6.99. The van der Waals surface area contributed by atoms with Crippen molar-refractivity contribution in [3.05, 3.63) is 0 Å². The second kappa shape index (κ2) is 2.89. The lowest BCUT2D eigenvalue weighted by molar-refractivity contribution is 0.0762. The van der Waals surface area contributed by atoms with E-state index in [1.807, 2.05) is 6.92 Å². The second-order valence-electron chi connectivity index (χ2n) is 3.71. The Bertz CT molecular complexity index is 111. The van der Waals surface area contributed by atoms with Crippen molar-refractivity contribution < 1.29 is 4.39 Å². The molecule has 1 aliphatic carbocycles. The quantitative estimate of drug-likeness (QED) is 0.529. The summed E-state index contributed by atoms with van der Waals surface area (Å²) in [6.45, 7) is 4.11. The Kier molecular flexibility index (Phi) is 2.32. The predicted molar refractivity (Wildman–Crippen MR) is 41.8 cm³/mol. The summed E-state index contributed by atoms with van der Waals surface area (Å²) in [7, 11) is 0. The minimum Gasteiger partial charge on any atom is -0.244 e. The van der Waals surface area contributed by atoms with Crippen LogP contribution < -0.4 is 0 Å². The van der Waals surface area contributed by atoms with Crippen molar-refractivity contribution in [2.75, 3.05) is 0 Å². The third-order valence-electron chi connectivity index (χ3n) is 2.67. The van der Waals surface area contributed by atoms with Crippen molar-refractivity contribution in [1.29, 1.82) is 0 Å². The van der Waals surface area contributed by atoms with Crippen LogP contribution in [0.15, 0.2) is 0 Å². The average molecular weight is 144 g/mol. The fourth-order valence-corrected chi connectivity index (χ4v) is 1.92. The minimum atomic E-state index is -0.808. The number of hydrogen-bond donors (Lipinski definition) is 0. The zero-order valence-electron chi connectivity index (χ0n) is 6.99. The van der Waals surface area contributed by atoms with Crippen LogP contribution in [0.3, 0.4) is 0 Å². The summed E-state index contributed by atoms with van der Waals surface area (Å²) in [6.07, 6.45) is 4.62. The number of hydrogen-bond acceptors (Lipinski definition) is 0. The Morgan fingerprint density at radius 1 is 1.60 bits per heavy atom. The maximum atomic E-state index is 13.6. The van der Waals surface area contributed by atoms with Gasteiger partial charge in [0.2, 0.25) is 0 Å². The number of rotatable bonds is 1. The van der Waals surface area contributed by atoms with Crippen molar-refractivity contribution in [2.24, 2.45) is 5.92 Å². The molecule has 0 saturated heterocycles. The molecule has 0 aromatic rings. The van der Waals surface area contributed by atoms with E-state index in [0.717, 1.165) is 19.3 Å². The molecule has 0 N–H and O–H groups in total. The maximum absolute atomic E-state index is 13.6. The normalized spacial score (nSPS) is 41.7. The lowest BCUT2D eigenvalue weighted by Crippen LogP contribution is -2.28. The molecule has 0 unspecified atom stereocenters. The topological polar surface area (TPSA) is 0 Å². The number of halogens is 1. The molecule has 1 fully saturated rings. The first-order valence-electron chi connectivity index (χ1n) is 4.35. The molecule has 1 rings (SSSR count). The molecule has 0 bridgehead atoms. The lowest BCUT2D eigenvalue weighted by Gasteiger charge is -2.32. The first-order valence-corrected chi connectivity index (χ1v) is 4.35. The van der Waals surface area contributed by atoms with Crippen LogP contribution in [0.25, 0.3) is 0 Å². The van der Waals surface area contributed by atoms with E-state index < -0.39 is 5.67 Å². The Morgan fingerprint density at radius 3 is 2.70 bits per heavy atom. The van der Waals surface area contributed by atoms with Gasteiger partial charge in [0.15, 0.2) is 0 Å². The third-order valence-corrected chi connectivity index (χ3v) is 2.67. The fraction of sp³-hybridized carbons (Fsp3) is 1.00. The van der Waals surface area contributed by atoms with Crippen LogP contribution in [0.5, 0.6) is 0 Å². The zero-order chi connectivity index (χ0) is 7.61. The predicted octanol–water partition coefficient (Wildman–Crippen LogP) is 3.31. The molecule has 0 aromatic carbocycles. The standard InChI is InChI=1S/C9H17F/c1-3-9(10)6-4-5-8(2)7-9/h8H,3-7H2,1-2H3/t8-,9+/m1/s1. The van der Waals surface area contributed by atoms with Gasteiger partial charge in [0.25, 0.3) is 0 Å². The average Bonchev–Trinajstić information content (AvgIpc) is 1.88. The SMILES string of the molecule is CC[C@]1(F)CCC[C@@H](C)C1. The van der Waals surface area contributed by atoms with Crippen LogP contribution in [0.4, 0.5) is 4.39 Å². The van der Waals surface area contributed by atoms with Gasteiger partial charge in [-0.15, -0.1) is 0 Å². The summed E-state index contributed by atoms with van der Waals surface area (Å²) in [5.41, 5.74) is -0.808. The monoisotopic (exact) mass is 144 g/mol. The largest absolute Gasteiger partial charge is 0.244 e. The van der Waals surface area contributed by atoms with Crippen LogP contribution in [-0.2, 0) is 0 Å². The van der Waals surface area contributed by atoms with Gasteiger partial charge in [0, 0.05) is 0 Å². The van der Waals surface area contributed by atoms with Crippen LogP contribution in [0.2, 0.25) is 0 Å². The Labute approximate surface area is 62.8 Å². The molecule has 0 radical (unpaired) electrons. The molecule has 1 saturated carbocycles. The smallest absolute Gasteiger partial charge is 0.111 e. The molecule has 60 valence electrons. The first-order chi connectivity index (χ1) is 4.66. The Hall–Kier alpha value is -0.0700. The van der Waals surface area contributed by atoms with Crippen LogP contribution in [0.1, 0.15) is 46.0 Å². The van der Waals surface area contributed by atoms with E-state index in [1.54, 1.807) is 0 Å². The van der Waals surface area contributed by atoms with Gasteiger partial charge in [-0.1, -0.05) is 26.7 Å². The number of alkyl halides is 1. The highest BCUT2D eigenvalue weighted by Gasteiger charge is 2.32. The Balaban J connectivity index is 2.45. The highest BCUT2D eigenvalue weighted by molar-refractivity contribution is 4.83. The highest BCUT2D eigenvalue weighted by atomic mass is 19.1. The molecule has 2 atom stereocenters. The van der Waals surface area contributed by atoms with Crippen LogP contribution in [-0.4, -0.2) is 5.67 Å². The van der Waals surface area contributed by atoms with Gasteiger partial charge in [0.1, 0.15) is 5.67 Å². The molecular formula is C9H17F. The summed E-state index contributed by atoms with van der Waals surface area (Å²) in [6, 6.07) is 0. The molecular weight excluding hydrogens is 127 g/mol. The Morgan fingerprint density at radius 2 is 2.30 bits per heavy atom. The van der Waals surface area contributed by atoms with E-state index in [0.29, 0.717) is 12.3 Å². The minimum absolute atomic E-state index is 0.610. The van der Waals surface area contributed by atoms with E-state index in [2.05, 4.69) is 6.92 Å². The lowest BCUT2D eigenvalue weighted by atomic mass is 9.79. The molecule has 1 heteroatoms. The van der Waals surface area contributed by atoms with Gasteiger partial charge in [-0.3, -0.25) is 0 Å². The van der Waals surface area contributed by atoms with Gasteiger partial charge in [-0.25, -0.2) is 4.39 Å². The highest BCUT2D eigenvalue weighted by Crippen LogP contribution is 2.37. The first kappa shape index (κ1) is 8.03. The van der Waals surface area contributed by atoms with E-state index in [9.17, 15) is 4.39 Å². The van der Waals surface area contributed by atoms with Crippen molar-refractivity contribution in [2.45, 2.75) is 51.6 Å². The molecule has 0 amide bonds. The van der Waals surface area contributed by atoms with Gasteiger partial charge in [-0.05, 0) is 25.2 Å². The summed E-state index contributed by atoms with van der Waals surface area (Å²) in [4.78, 5) is 0. The van der Waals surface area contributed by atoms with Crippen molar-refractivity contribution >= 4 is 0 Å². The molecule has 0 nitrogen and oxygen atoms in total. The summed E-state index contributed by atoms with van der Waals surface area (Å²) >= 11 is 0. The van der Waals surface area contributed by atoms with Gasteiger partial charge >= 0.3 is 0 Å². The van der Waals surface area contributed by atoms with Gasteiger partial charge < -0.3 is 0 Å². The van der Waals surface area contributed by atoms with Crippen molar-refractivity contribution in [3.8, 4) is 0 Å². The fourth-order valence-electron chi connectivity index (χ4n) is 1.92.